The molecule has 2 rings (SSSR count). The average molecular weight is 280 g/mol. The summed E-state index contributed by atoms with van der Waals surface area (Å²) in [6.45, 7) is 6.44. The first-order chi connectivity index (χ1) is 9.04. The van der Waals surface area contributed by atoms with Gasteiger partial charge in [-0.25, -0.2) is 4.98 Å². The highest BCUT2D eigenvalue weighted by atomic mass is 32.1. The molecular weight excluding hydrogens is 260 g/mol. The Bertz CT molecular complexity index is 584. The standard InChI is InChI=1S/C14H20N2O2S/c1-9(2)13-10(3)16-11(8-19-14(16)15-13)6-5-7-12(17)18-4/h8-9H,5-7H2,1-4H3. The summed E-state index contributed by atoms with van der Waals surface area (Å²) in [6, 6.07) is 0. The predicted molar refractivity (Wildman–Crippen MR) is 76.8 cm³/mol. The largest absolute Gasteiger partial charge is 0.469 e. The Labute approximate surface area is 117 Å². The Balaban J connectivity index is 2.17. The molecule has 0 aliphatic heterocycles. The molecule has 5 heteroatoms. The third-order valence-electron chi connectivity index (χ3n) is 3.29. The van der Waals surface area contributed by atoms with Crippen molar-refractivity contribution in [3.63, 3.8) is 0 Å². The van der Waals surface area contributed by atoms with E-state index < -0.39 is 0 Å². The van der Waals surface area contributed by atoms with Crippen LogP contribution in [0, 0.1) is 6.92 Å². The van der Waals surface area contributed by atoms with Gasteiger partial charge in [-0.3, -0.25) is 9.20 Å². The van der Waals surface area contributed by atoms with Crippen LogP contribution >= 0.6 is 11.3 Å². The maximum Gasteiger partial charge on any atom is 0.305 e. The van der Waals surface area contributed by atoms with Crippen LogP contribution in [0.5, 0.6) is 0 Å². The second-order valence-corrected chi connectivity index (χ2v) is 5.85. The summed E-state index contributed by atoms with van der Waals surface area (Å²) in [6.07, 6.45) is 2.16. The van der Waals surface area contributed by atoms with Gasteiger partial charge in [0.2, 0.25) is 0 Å². The van der Waals surface area contributed by atoms with Crippen molar-refractivity contribution < 1.29 is 9.53 Å². The first-order valence-electron chi connectivity index (χ1n) is 6.56. The van der Waals surface area contributed by atoms with E-state index in [0.29, 0.717) is 12.3 Å². The van der Waals surface area contributed by atoms with Crippen LogP contribution in [0.4, 0.5) is 0 Å². The minimum Gasteiger partial charge on any atom is -0.469 e. The number of hydrogen-bond donors (Lipinski definition) is 0. The zero-order valence-corrected chi connectivity index (χ0v) is 12.7. The van der Waals surface area contributed by atoms with Crippen molar-refractivity contribution in [2.75, 3.05) is 7.11 Å². The fourth-order valence-corrected chi connectivity index (χ4v) is 3.29. The molecule has 0 saturated carbocycles. The quantitative estimate of drug-likeness (QED) is 0.789. The Kier molecular flexibility index (Phi) is 4.24. The Morgan fingerprint density at radius 1 is 1.53 bits per heavy atom. The molecule has 4 nitrogen and oxygen atoms in total. The molecule has 0 aromatic carbocycles. The molecule has 104 valence electrons. The van der Waals surface area contributed by atoms with Gasteiger partial charge in [-0.2, -0.15) is 0 Å². The number of aromatic nitrogens is 2. The van der Waals surface area contributed by atoms with Crippen LogP contribution in [0.3, 0.4) is 0 Å². The number of carbonyl (C=O) groups excluding carboxylic acids is 1. The first kappa shape index (κ1) is 14.1. The highest BCUT2D eigenvalue weighted by Crippen LogP contribution is 2.26. The molecule has 0 N–H and O–H groups in total. The Morgan fingerprint density at radius 2 is 2.26 bits per heavy atom. The van der Waals surface area contributed by atoms with E-state index in [-0.39, 0.29) is 5.97 Å². The molecule has 19 heavy (non-hydrogen) atoms. The average Bonchev–Trinajstić information content (AvgIpc) is 2.91. The van der Waals surface area contributed by atoms with E-state index in [1.807, 2.05) is 0 Å². The number of ether oxygens (including phenoxy) is 1. The number of nitrogens with zero attached hydrogens (tertiary/aromatic N) is 2. The molecule has 0 unspecified atom stereocenters. The van der Waals surface area contributed by atoms with Crippen LogP contribution in [0.25, 0.3) is 4.96 Å². The highest BCUT2D eigenvalue weighted by molar-refractivity contribution is 7.15. The van der Waals surface area contributed by atoms with Crippen molar-refractivity contribution in [1.29, 1.82) is 0 Å². The van der Waals surface area contributed by atoms with Crippen molar-refractivity contribution in [3.05, 3.63) is 22.5 Å². The van der Waals surface area contributed by atoms with Crippen LogP contribution in [0.2, 0.25) is 0 Å². The van der Waals surface area contributed by atoms with Gasteiger partial charge in [0.05, 0.1) is 12.8 Å². The molecule has 2 heterocycles. The highest BCUT2D eigenvalue weighted by Gasteiger charge is 2.15. The normalized spacial score (nSPS) is 11.4. The lowest BCUT2D eigenvalue weighted by Gasteiger charge is -2.04. The molecule has 0 atom stereocenters. The molecular formula is C14H20N2O2S. The molecule has 0 bridgehead atoms. The van der Waals surface area contributed by atoms with Gasteiger partial charge in [-0.15, -0.1) is 11.3 Å². The van der Waals surface area contributed by atoms with Crippen molar-refractivity contribution in [2.45, 2.75) is 46.0 Å². The van der Waals surface area contributed by atoms with Crippen molar-refractivity contribution in [2.24, 2.45) is 0 Å². The number of carbonyl (C=O) groups is 1. The predicted octanol–water partition coefficient (Wildman–Crippen LogP) is 3.32. The summed E-state index contributed by atoms with van der Waals surface area (Å²) in [5.41, 5.74) is 3.63. The topological polar surface area (TPSA) is 43.6 Å². The van der Waals surface area contributed by atoms with E-state index in [0.717, 1.165) is 17.8 Å². The minimum absolute atomic E-state index is 0.142. The summed E-state index contributed by atoms with van der Waals surface area (Å²) in [4.78, 5) is 16.9. The van der Waals surface area contributed by atoms with Crippen LogP contribution in [-0.4, -0.2) is 22.5 Å². The Hall–Kier alpha value is -1.36. The monoisotopic (exact) mass is 280 g/mol. The summed E-state index contributed by atoms with van der Waals surface area (Å²) in [5, 5.41) is 2.14. The van der Waals surface area contributed by atoms with Gasteiger partial charge in [0.1, 0.15) is 0 Å². The lowest BCUT2D eigenvalue weighted by atomic mass is 10.1. The number of fused-ring (bicyclic) bond motifs is 1. The third-order valence-corrected chi connectivity index (χ3v) is 4.16. The van der Waals surface area contributed by atoms with Gasteiger partial charge >= 0.3 is 5.97 Å². The zero-order chi connectivity index (χ0) is 14.0. The third kappa shape index (κ3) is 2.81. The van der Waals surface area contributed by atoms with Crippen molar-refractivity contribution in [1.82, 2.24) is 9.38 Å². The van der Waals surface area contributed by atoms with E-state index in [9.17, 15) is 4.79 Å². The lowest BCUT2D eigenvalue weighted by molar-refractivity contribution is -0.140. The van der Waals surface area contributed by atoms with Gasteiger partial charge in [0.15, 0.2) is 4.96 Å². The van der Waals surface area contributed by atoms with Crippen molar-refractivity contribution >= 4 is 22.3 Å². The molecule has 0 spiro atoms. The summed E-state index contributed by atoms with van der Waals surface area (Å²) in [7, 11) is 1.43. The number of esters is 1. The summed E-state index contributed by atoms with van der Waals surface area (Å²) in [5.74, 6) is 0.298. The summed E-state index contributed by atoms with van der Waals surface area (Å²) < 4.78 is 6.88. The van der Waals surface area contributed by atoms with Gasteiger partial charge in [0.25, 0.3) is 0 Å². The summed E-state index contributed by atoms with van der Waals surface area (Å²) >= 11 is 1.67. The fourth-order valence-electron chi connectivity index (χ4n) is 2.32. The molecule has 0 aliphatic rings. The maximum atomic E-state index is 11.1. The van der Waals surface area contributed by atoms with E-state index in [4.69, 9.17) is 0 Å². The number of rotatable bonds is 5. The van der Waals surface area contributed by atoms with Crippen LogP contribution < -0.4 is 0 Å². The molecule has 0 amide bonds. The number of hydrogen-bond acceptors (Lipinski definition) is 4. The molecule has 0 fully saturated rings. The zero-order valence-electron chi connectivity index (χ0n) is 11.9. The molecule has 2 aromatic heterocycles. The molecule has 0 aliphatic carbocycles. The second kappa shape index (κ2) is 5.74. The Morgan fingerprint density at radius 3 is 2.89 bits per heavy atom. The van der Waals surface area contributed by atoms with E-state index in [1.54, 1.807) is 11.3 Å². The lowest BCUT2D eigenvalue weighted by Crippen LogP contribution is -2.02. The SMILES string of the molecule is COC(=O)CCCc1csc2nc(C(C)C)c(C)n12. The van der Waals surface area contributed by atoms with E-state index in [1.165, 1.54) is 24.2 Å². The number of aryl methyl sites for hydroxylation is 2. The van der Waals surface area contributed by atoms with Crippen LogP contribution in [-0.2, 0) is 16.0 Å². The van der Waals surface area contributed by atoms with Gasteiger partial charge < -0.3 is 4.74 Å². The number of thiazole rings is 1. The molecule has 0 saturated heterocycles. The first-order valence-corrected chi connectivity index (χ1v) is 7.44. The number of methoxy groups -OCH3 is 1. The van der Waals surface area contributed by atoms with E-state index in [2.05, 4.69) is 40.3 Å². The smallest absolute Gasteiger partial charge is 0.305 e. The minimum atomic E-state index is -0.142. The van der Waals surface area contributed by atoms with E-state index >= 15 is 0 Å². The van der Waals surface area contributed by atoms with Crippen LogP contribution in [0.15, 0.2) is 5.38 Å². The second-order valence-electron chi connectivity index (χ2n) is 5.01. The van der Waals surface area contributed by atoms with Crippen molar-refractivity contribution in [3.8, 4) is 0 Å². The van der Waals surface area contributed by atoms with Crippen LogP contribution in [0.1, 0.15) is 49.7 Å². The van der Waals surface area contributed by atoms with Gasteiger partial charge in [0, 0.05) is 23.2 Å². The van der Waals surface area contributed by atoms with Gasteiger partial charge in [-0.05, 0) is 25.7 Å². The molecule has 0 radical (unpaired) electrons. The number of imidazole rings is 1. The maximum absolute atomic E-state index is 11.1. The fraction of sp³-hybridized carbons (Fsp3) is 0.571. The molecule has 2 aromatic rings. The van der Waals surface area contributed by atoms with Gasteiger partial charge in [-0.1, -0.05) is 13.8 Å².